The van der Waals surface area contributed by atoms with Gasteiger partial charge in [-0.25, -0.2) is 0 Å². The van der Waals surface area contributed by atoms with Crippen LogP contribution >= 0.6 is 31.9 Å². The van der Waals surface area contributed by atoms with Gasteiger partial charge in [0, 0.05) is 0 Å². The third kappa shape index (κ3) is 2.59. The minimum atomic E-state index is -0.412. The lowest BCUT2D eigenvalue weighted by Crippen LogP contribution is -2.48. The Morgan fingerprint density at radius 3 is 1.73 bits per heavy atom. The van der Waals surface area contributed by atoms with Crippen molar-refractivity contribution in [3.8, 4) is 0 Å². The standard InChI is InChI=1S/C11H18Br2O2/c12-9-5-3-1-2-4-6-10(13)11(9)14-7-8-15-11/h9-10H,1-8H2/t9-,10-/m1/s1. The second-order valence-electron chi connectivity index (χ2n) is 4.34. The minimum Gasteiger partial charge on any atom is -0.345 e. The molecule has 0 aromatic rings. The molecule has 2 aliphatic rings. The van der Waals surface area contributed by atoms with Crippen LogP contribution in [0.15, 0.2) is 0 Å². The van der Waals surface area contributed by atoms with Gasteiger partial charge < -0.3 is 9.47 Å². The molecule has 0 aromatic carbocycles. The summed E-state index contributed by atoms with van der Waals surface area (Å²) in [5.41, 5.74) is 0. The van der Waals surface area contributed by atoms with Crippen LogP contribution in [0.4, 0.5) is 0 Å². The lowest BCUT2D eigenvalue weighted by molar-refractivity contribution is -0.155. The molecule has 0 bridgehead atoms. The van der Waals surface area contributed by atoms with Crippen LogP contribution in [0.5, 0.6) is 0 Å². The van der Waals surface area contributed by atoms with E-state index in [1.54, 1.807) is 0 Å². The Balaban J connectivity index is 2.12. The van der Waals surface area contributed by atoms with E-state index in [1.165, 1.54) is 25.7 Å². The minimum absolute atomic E-state index is 0.315. The molecule has 88 valence electrons. The molecule has 1 spiro atoms. The van der Waals surface area contributed by atoms with Crippen molar-refractivity contribution in [3.63, 3.8) is 0 Å². The van der Waals surface area contributed by atoms with Crippen LogP contribution in [0.2, 0.25) is 0 Å². The summed E-state index contributed by atoms with van der Waals surface area (Å²) in [4.78, 5) is 0.630. The van der Waals surface area contributed by atoms with Crippen LogP contribution in [0.1, 0.15) is 38.5 Å². The first-order valence-corrected chi connectivity index (χ1v) is 7.65. The van der Waals surface area contributed by atoms with E-state index in [0.29, 0.717) is 9.65 Å². The zero-order valence-corrected chi connectivity index (χ0v) is 12.1. The number of alkyl halides is 2. The van der Waals surface area contributed by atoms with Crippen LogP contribution in [0, 0.1) is 0 Å². The van der Waals surface area contributed by atoms with E-state index < -0.39 is 5.79 Å². The fourth-order valence-electron chi connectivity index (χ4n) is 2.40. The predicted molar refractivity (Wildman–Crippen MR) is 67.8 cm³/mol. The molecule has 2 atom stereocenters. The van der Waals surface area contributed by atoms with E-state index in [-0.39, 0.29) is 0 Å². The smallest absolute Gasteiger partial charge is 0.193 e. The van der Waals surface area contributed by atoms with Crippen molar-refractivity contribution in [2.45, 2.75) is 54.0 Å². The van der Waals surface area contributed by atoms with Gasteiger partial charge in [0.15, 0.2) is 5.79 Å². The number of hydrogen-bond donors (Lipinski definition) is 0. The molecular formula is C11H18Br2O2. The monoisotopic (exact) mass is 340 g/mol. The van der Waals surface area contributed by atoms with Crippen molar-refractivity contribution in [3.05, 3.63) is 0 Å². The average molecular weight is 342 g/mol. The van der Waals surface area contributed by atoms with Crippen LogP contribution in [-0.4, -0.2) is 28.7 Å². The Hall–Kier alpha value is 0.880. The number of ether oxygens (including phenoxy) is 2. The fraction of sp³-hybridized carbons (Fsp3) is 1.00. The van der Waals surface area contributed by atoms with Gasteiger partial charge in [0.2, 0.25) is 0 Å². The van der Waals surface area contributed by atoms with Gasteiger partial charge in [0.1, 0.15) is 0 Å². The van der Waals surface area contributed by atoms with Crippen LogP contribution in [0.3, 0.4) is 0 Å². The van der Waals surface area contributed by atoms with Crippen molar-refractivity contribution < 1.29 is 9.47 Å². The van der Waals surface area contributed by atoms with Crippen molar-refractivity contribution in [1.82, 2.24) is 0 Å². The normalized spacial score (nSPS) is 37.2. The van der Waals surface area contributed by atoms with Gasteiger partial charge in [-0.3, -0.25) is 0 Å². The average Bonchev–Trinajstić information content (AvgIpc) is 2.72. The number of hydrogen-bond acceptors (Lipinski definition) is 2. The number of rotatable bonds is 0. The molecule has 15 heavy (non-hydrogen) atoms. The van der Waals surface area contributed by atoms with E-state index in [0.717, 1.165) is 26.1 Å². The largest absolute Gasteiger partial charge is 0.345 e. The molecular weight excluding hydrogens is 324 g/mol. The Kier molecular flexibility index (Phi) is 4.50. The van der Waals surface area contributed by atoms with E-state index in [9.17, 15) is 0 Å². The summed E-state index contributed by atoms with van der Waals surface area (Å²) in [6.07, 6.45) is 7.48. The zero-order valence-electron chi connectivity index (χ0n) is 8.88. The van der Waals surface area contributed by atoms with Gasteiger partial charge in [-0.1, -0.05) is 57.5 Å². The molecule has 2 rings (SSSR count). The summed E-state index contributed by atoms with van der Waals surface area (Å²) < 4.78 is 11.8. The van der Waals surface area contributed by atoms with Crippen LogP contribution < -0.4 is 0 Å². The van der Waals surface area contributed by atoms with Gasteiger partial charge in [-0.15, -0.1) is 0 Å². The third-order valence-electron chi connectivity index (χ3n) is 3.28. The summed E-state index contributed by atoms with van der Waals surface area (Å²) in [5, 5.41) is 0. The first kappa shape index (κ1) is 12.3. The number of halogens is 2. The summed E-state index contributed by atoms with van der Waals surface area (Å²) in [6.45, 7) is 1.45. The molecule has 0 radical (unpaired) electrons. The molecule has 2 fully saturated rings. The van der Waals surface area contributed by atoms with Crippen molar-refractivity contribution in [2.75, 3.05) is 13.2 Å². The van der Waals surface area contributed by atoms with Gasteiger partial charge in [-0.05, 0) is 12.8 Å². The molecule has 4 heteroatoms. The topological polar surface area (TPSA) is 18.5 Å². The molecule has 0 amide bonds. The maximum atomic E-state index is 5.88. The molecule has 1 aliphatic carbocycles. The summed E-state index contributed by atoms with van der Waals surface area (Å²) >= 11 is 7.50. The second-order valence-corrected chi connectivity index (χ2v) is 6.56. The maximum absolute atomic E-state index is 5.88. The van der Waals surface area contributed by atoms with Crippen LogP contribution in [-0.2, 0) is 9.47 Å². The Labute approximate surface area is 108 Å². The maximum Gasteiger partial charge on any atom is 0.193 e. The van der Waals surface area contributed by atoms with E-state index in [4.69, 9.17) is 9.47 Å². The van der Waals surface area contributed by atoms with Gasteiger partial charge in [0.25, 0.3) is 0 Å². The molecule has 1 saturated heterocycles. The van der Waals surface area contributed by atoms with E-state index in [2.05, 4.69) is 31.9 Å². The van der Waals surface area contributed by atoms with Crippen LogP contribution in [0.25, 0.3) is 0 Å². The summed E-state index contributed by atoms with van der Waals surface area (Å²) in [7, 11) is 0. The third-order valence-corrected chi connectivity index (χ3v) is 5.47. The zero-order chi connectivity index (χ0) is 10.7. The highest BCUT2D eigenvalue weighted by Crippen LogP contribution is 2.41. The first-order chi connectivity index (χ1) is 7.26. The molecule has 2 nitrogen and oxygen atoms in total. The van der Waals surface area contributed by atoms with Gasteiger partial charge in [-0.2, -0.15) is 0 Å². The molecule has 0 unspecified atom stereocenters. The Bertz CT molecular complexity index is 189. The highest BCUT2D eigenvalue weighted by Gasteiger charge is 2.48. The highest BCUT2D eigenvalue weighted by molar-refractivity contribution is 9.10. The van der Waals surface area contributed by atoms with E-state index in [1.807, 2.05) is 0 Å². The van der Waals surface area contributed by atoms with E-state index >= 15 is 0 Å². The fourth-order valence-corrected chi connectivity index (χ4v) is 4.57. The first-order valence-electron chi connectivity index (χ1n) is 5.82. The SMILES string of the molecule is Br[C@@H]1CCCCCC[C@@H](Br)C12OCCO2. The molecule has 0 N–H and O–H groups in total. The highest BCUT2D eigenvalue weighted by atomic mass is 79.9. The van der Waals surface area contributed by atoms with Gasteiger partial charge in [0.05, 0.1) is 22.9 Å². The molecule has 0 aromatic heterocycles. The molecule has 1 heterocycles. The van der Waals surface area contributed by atoms with Crippen molar-refractivity contribution >= 4 is 31.9 Å². The Morgan fingerprint density at radius 2 is 1.27 bits per heavy atom. The predicted octanol–water partition coefficient (Wildman–Crippen LogP) is 3.61. The van der Waals surface area contributed by atoms with Crippen molar-refractivity contribution in [1.29, 1.82) is 0 Å². The summed E-state index contributed by atoms with van der Waals surface area (Å²) in [6, 6.07) is 0. The second kappa shape index (κ2) is 5.48. The molecule has 1 saturated carbocycles. The summed E-state index contributed by atoms with van der Waals surface area (Å²) in [5.74, 6) is -0.412. The Morgan fingerprint density at radius 1 is 0.800 bits per heavy atom. The lowest BCUT2D eigenvalue weighted by Gasteiger charge is -2.36. The lowest BCUT2D eigenvalue weighted by atomic mass is 10.0. The van der Waals surface area contributed by atoms with Gasteiger partial charge >= 0.3 is 0 Å². The quantitative estimate of drug-likeness (QED) is 0.626. The molecule has 1 aliphatic heterocycles. The van der Waals surface area contributed by atoms with Crippen molar-refractivity contribution in [2.24, 2.45) is 0 Å².